The van der Waals surface area contributed by atoms with Crippen molar-refractivity contribution in [3.05, 3.63) is 26.9 Å². The molecule has 1 heterocycles. The Balaban J connectivity index is 2.15. The van der Waals surface area contributed by atoms with Crippen molar-refractivity contribution < 1.29 is 4.92 Å². The molecule has 0 aromatic carbocycles. The summed E-state index contributed by atoms with van der Waals surface area (Å²) in [6.07, 6.45) is 2.39. The molecule has 1 aliphatic rings. The van der Waals surface area contributed by atoms with Crippen molar-refractivity contribution in [1.29, 1.82) is 0 Å². The molecule has 1 aromatic heterocycles. The van der Waals surface area contributed by atoms with E-state index in [0.29, 0.717) is 22.3 Å². The van der Waals surface area contributed by atoms with Gasteiger partial charge >= 0.3 is 0 Å². The fraction of sp³-hybridized carbons (Fsp3) is 0.444. The Bertz CT molecular complexity index is 410. The van der Waals surface area contributed by atoms with E-state index in [2.05, 4.69) is 33.2 Å². The molecule has 2 unspecified atom stereocenters. The third-order valence-electron chi connectivity index (χ3n) is 2.47. The van der Waals surface area contributed by atoms with Crippen molar-refractivity contribution in [1.82, 2.24) is 4.98 Å². The van der Waals surface area contributed by atoms with Gasteiger partial charge in [0.05, 0.1) is 9.40 Å². The van der Waals surface area contributed by atoms with E-state index in [1.54, 1.807) is 0 Å². The van der Waals surface area contributed by atoms with Gasteiger partial charge in [0.25, 0.3) is 5.69 Å². The highest BCUT2D eigenvalue weighted by Gasteiger charge is 2.33. The zero-order valence-electron chi connectivity index (χ0n) is 8.11. The number of halogens is 1. The van der Waals surface area contributed by atoms with Crippen LogP contribution in [0.25, 0.3) is 0 Å². The average Bonchev–Trinajstić information content (AvgIpc) is 2.85. The SMILES string of the molecule is CC1CC1Nc1ncc([N+](=O)[O-])cc1Br. The maximum atomic E-state index is 10.5. The Kier molecular flexibility index (Phi) is 2.60. The predicted octanol–water partition coefficient (Wildman–Crippen LogP) is 2.57. The molecule has 0 spiro atoms. The van der Waals surface area contributed by atoms with Crippen molar-refractivity contribution in [2.24, 2.45) is 5.92 Å². The average molecular weight is 272 g/mol. The Hall–Kier alpha value is -1.17. The lowest BCUT2D eigenvalue weighted by Gasteiger charge is -2.05. The topological polar surface area (TPSA) is 68.1 Å². The van der Waals surface area contributed by atoms with Crippen LogP contribution in [0.15, 0.2) is 16.7 Å². The lowest BCUT2D eigenvalue weighted by atomic mass is 10.4. The number of anilines is 1. The lowest BCUT2D eigenvalue weighted by Crippen LogP contribution is -2.06. The number of rotatable bonds is 3. The molecule has 2 rings (SSSR count). The fourth-order valence-corrected chi connectivity index (χ4v) is 1.78. The summed E-state index contributed by atoms with van der Waals surface area (Å²) in [6.45, 7) is 2.15. The molecule has 1 aromatic rings. The van der Waals surface area contributed by atoms with E-state index in [4.69, 9.17) is 0 Å². The Labute approximate surface area is 95.2 Å². The van der Waals surface area contributed by atoms with Crippen LogP contribution in [-0.2, 0) is 0 Å². The lowest BCUT2D eigenvalue weighted by molar-refractivity contribution is -0.385. The van der Waals surface area contributed by atoms with E-state index >= 15 is 0 Å². The third-order valence-corrected chi connectivity index (χ3v) is 3.07. The minimum Gasteiger partial charge on any atom is -0.366 e. The van der Waals surface area contributed by atoms with Gasteiger partial charge in [0.2, 0.25) is 0 Å². The van der Waals surface area contributed by atoms with E-state index in [9.17, 15) is 10.1 Å². The number of nitrogens with one attached hydrogen (secondary N) is 1. The maximum Gasteiger partial charge on any atom is 0.288 e. The smallest absolute Gasteiger partial charge is 0.288 e. The first kappa shape index (κ1) is 10.4. The molecule has 1 N–H and O–H groups in total. The minimum absolute atomic E-state index is 0.00345. The Morgan fingerprint density at radius 1 is 1.73 bits per heavy atom. The van der Waals surface area contributed by atoms with E-state index in [1.807, 2.05) is 0 Å². The van der Waals surface area contributed by atoms with Crippen LogP contribution in [0.2, 0.25) is 0 Å². The number of aromatic nitrogens is 1. The molecule has 2 atom stereocenters. The fourth-order valence-electron chi connectivity index (χ4n) is 1.33. The van der Waals surface area contributed by atoms with Crippen LogP contribution in [0.1, 0.15) is 13.3 Å². The highest BCUT2D eigenvalue weighted by Crippen LogP contribution is 2.34. The predicted molar refractivity (Wildman–Crippen MR) is 59.8 cm³/mol. The quantitative estimate of drug-likeness (QED) is 0.678. The summed E-state index contributed by atoms with van der Waals surface area (Å²) in [5.41, 5.74) is -0.00345. The van der Waals surface area contributed by atoms with Crippen LogP contribution in [-0.4, -0.2) is 15.9 Å². The van der Waals surface area contributed by atoms with Gasteiger partial charge in [0.1, 0.15) is 12.0 Å². The molecule has 0 saturated heterocycles. The van der Waals surface area contributed by atoms with Crippen LogP contribution >= 0.6 is 15.9 Å². The highest BCUT2D eigenvalue weighted by atomic mass is 79.9. The van der Waals surface area contributed by atoms with Crippen molar-refractivity contribution in [2.45, 2.75) is 19.4 Å². The number of nitrogens with zero attached hydrogens (tertiary/aromatic N) is 2. The van der Waals surface area contributed by atoms with E-state index in [-0.39, 0.29) is 5.69 Å². The molecule has 80 valence electrons. The van der Waals surface area contributed by atoms with Crippen molar-refractivity contribution in [3.63, 3.8) is 0 Å². The monoisotopic (exact) mass is 271 g/mol. The van der Waals surface area contributed by atoms with Crippen LogP contribution in [0.4, 0.5) is 11.5 Å². The van der Waals surface area contributed by atoms with Crippen molar-refractivity contribution >= 4 is 27.4 Å². The van der Waals surface area contributed by atoms with Gasteiger partial charge in [-0.05, 0) is 28.3 Å². The summed E-state index contributed by atoms with van der Waals surface area (Å²) in [5, 5.41) is 13.7. The number of nitro groups is 1. The molecule has 6 heteroatoms. The molecule has 15 heavy (non-hydrogen) atoms. The zero-order chi connectivity index (χ0) is 11.0. The Morgan fingerprint density at radius 2 is 2.40 bits per heavy atom. The summed E-state index contributed by atoms with van der Waals surface area (Å²) in [6, 6.07) is 1.91. The largest absolute Gasteiger partial charge is 0.366 e. The molecule has 0 bridgehead atoms. The second-order valence-electron chi connectivity index (χ2n) is 3.74. The highest BCUT2D eigenvalue weighted by molar-refractivity contribution is 9.10. The van der Waals surface area contributed by atoms with Gasteiger partial charge in [0, 0.05) is 12.1 Å². The summed E-state index contributed by atoms with van der Waals surface area (Å²) in [4.78, 5) is 14.0. The first-order chi connectivity index (χ1) is 7.08. The van der Waals surface area contributed by atoms with E-state index in [0.717, 1.165) is 6.42 Å². The zero-order valence-corrected chi connectivity index (χ0v) is 9.69. The summed E-state index contributed by atoms with van der Waals surface area (Å²) >= 11 is 3.26. The first-order valence-corrected chi connectivity index (χ1v) is 5.43. The van der Waals surface area contributed by atoms with Crippen LogP contribution in [0.5, 0.6) is 0 Å². The van der Waals surface area contributed by atoms with Crippen LogP contribution in [0, 0.1) is 16.0 Å². The second-order valence-corrected chi connectivity index (χ2v) is 4.60. The van der Waals surface area contributed by atoms with Gasteiger partial charge in [-0.1, -0.05) is 6.92 Å². The van der Waals surface area contributed by atoms with E-state index < -0.39 is 4.92 Å². The second kappa shape index (κ2) is 3.77. The Morgan fingerprint density at radius 3 is 2.87 bits per heavy atom. The molecule has 0 amide bonds. The van der Waals surface area contributed by atoms with Gasteiger partial charge in [-0.25, -0.2) is 4.98 Å². The van der Waals surface area contributed by atoms with Crippen molar-refractivity contribution in [3.8, 4) is 0 Å². The normalized spacial score (nSPS) is 23.6. The molecule has 1 aliphatic carbocycles. The van der Waals surface area contributed by atoms with Gasteiger partial charge < -0.3 is 5.32 Å². The molecule has 0 aliphatic heterocycles. The van der Waals surface area contributed by atoms with E-state index in [1.165, 1.54) is 12.3 Å². The van der Waals surface area contributed by atoms with Crippen molar-refractivity contribution in [2.75, 3.05) is 5.32 Å². The summed E-state index contributed by atoms with van der Waals surface area (Å²) in [7, 11) is 0. The number of hydrogen-bond acceptors (Lipinski definition) is 4. The summed E-state index contributed by atoms with van der Waals surface area (Å²) < 4.78 is 0.635. The number of hydrogen-bond donors (Lipinski definition) is 1. The molecular formula is C9H10BrN3O2. The molecular weight excluding hydrogens is 262 g/mol. The van der Waals surface area contributed by atoms with Gasteiger partial charge in [0.15, 0.2) is 0 Å². The number of pyridine rings is 1. The standard InChI is InChI=1S/C9H10BrN3O2/c1-5-2-8(5)12-9-7(10)3-6(4-11-9)13(14)15/h3-5,8H,2H2,1H3,(H,11,12). The minimum atomic E-state index is -0.457. The molecule has 1 saturated carbocycles. The third kappa shape index (κ3) is 2.26. The molecule has 1 fully saturated rings. The van der Waals surface area contributed by atoms with Gasteiger partial charge in [-0.15, -0.1) is 0 Å². The molecule has 0 radical (unpaired) electrons. The van der Waals surface area contributed by atoms with Gasteiger partial charge in [-0.3, -0.25) is 10.1 Å². The first-order valence-electron chi connectivity index (χ1n) is 4.64. The summed E-state index contributed by atoms with van der Waals surface area (Å²) in [5.74, 6) is 1.34. The van der Waals surface area contributed by atoms with Gasteiger partial charge in [-0.2, -0.15) is 0 Å². The van der Waals surface area contributed by atoms with Crippen LogP contribution in [0.3, 0.4) is 0 Å². The maximum absolute atomic E-state index is 10.5. The van der Waals surface area contributed by atoms with Crippen LogP contribution < -0.4 is 5.32 Å². The molecule has 5 nitrogen and oxygen atoms in total.